The van der Waals surface area contributed by atoms with E-state index >= 15 is 0 Å². The van der Waals surface area contributed by atoms with Crippen LogP contribution in [0.5, 0.6) is 0 Å². The van der Waals surface area contributed by atoms with Crippen LogP contribution in [0.4, 0.5) is 0 Å². The van der Waals surface area contributed by atoms with Gasteiger partial charge < -0.3 is 9.47 Å². The van der Waals surface area contributed by atoms with Crippen LogP contribution in [-0.4, -0.2) is 44.4 Å². The molecule has 3 heteroatoms. The third-order valence-corrected chi connectivity index (χ3v) is 3.83. The first-order valence-electron chi connectivity index (χ1n) is 6.39. The SMILES string of the molecule is CCOC1=C(CN2CCOCC2)[C@@H](C)[C@H]1C. The summed E-state index contributed by atoms with van der Waals surface area (Å²) < 4.78 is 11.1. The molecule has 1 aliphatic carbocycles. The predicted octanol–water partition coefficient (Wildman–Crippen LogP) is 1.89. The minimum atomic E-state index is 0.607. The average Bonchev–Trinajstić information content (AvgIpc) is 2.34. The molecule has 2 rings (SSSR count). The molecule has 0 aromatic carbocycles. The second-order valence-corrected chi connectivity index (χ2v) is 4.79. The zero-order chi connectivity index (χ0) is 11.5. The zero-order valence-corrected chi connectivity index (χ0v) is 10.7. The predicted molar refractivity (Wildman–Crippen MR) is 64.2 cm³/mol. The fraction of sp³-hybridized carbons (Fsp3) is 0.846. The van der Waals surface area contributed by atoms with Gasteiger partial charge >= 0.3 is 0 Å². The van der Waals surface area contributed by atoms with E-state index in [1.54, 1.807) is 0 Å². The highest BCUT2D eigenvalue weighted by Gasteiger charge is 2.36. The van der Waals surface area contributed by atoms with Gasteiger partial charge in [-0.05, 0) is 18.4 Å². The molecule has 2 aliphatic rings. The van der Waals surface area contributed by atoms with E-state index in [0.717, 1.165) is 39.5 Å². The van der Waals surface area contributed by atoms with Gasteiger partial charge in [0, 0.05) is 25.6 Å². The summed E-state index contributed by atoms with van der Waals surface area (Å²) in [5.74, 6) is 2.54. The Morgan fingerprint density at radius 3 is 2.56 bits per heavy atom. The molecule has 1 aliphatic heterocycles. The highest BCUT2D eigenvalue weighted by Crippen LogP contribution is 2.41. The van der Waals surface area contributed by atoms with E-state index in [0.29, 0.717) is 11.8 Å². The lowest BCUT2D eigenvalue weighted by molar-refractivity contribution is 0.0365. The molecule has 0 aromatic heterocycles. The summed E-state index contributed by atoms with van der Waals surface area (Å²) in [6.07, 6.45) is 0. The molecular formula is C13H23NO2. The van der Waals surface area contributed by atoms with Gasteiger partial charge in [-0.3, -0.25) is 4.90 Å². The molecule has 1 heterocycles. The first-order valence-corrected chi connectivity index (χ1v) is 6.39. The lowest BCUT2D eigenvalue weighted by atomic mass is 9.74. The topological polar surface area (TPSA) is 21.7 Å². The van der Waals surface area contributed by atoms with Crippen molar-refractivity contribution in [3.05, 3.63) is 11.3 Å². The maximum absolute atomic E-state index is 5.74. The van der Waals surface area contributed by atoms with Crippen LogP contribution in [0.1, 0.15) is 20.8 Å². The highest BCUT2D eigenvalue weighted by atomic mass is 16.5. The first kappa shape index (κ1) is 11.9. The molecule has 2 atom stereocenters. The fourth-order valence-corrected chi connectivity index (χ4v) is 2.55. The van der Waals surface area contributed by atoms with E-state index in [1.807, 2.05) is 0 Å². The number of hydrogen-bond acceptors (Lipinski definition) is 3. The third-order valence-electron chi connectivity index (χ3n) is 3.83. The maximum atomic E-state index is 5.74. The Balaban J connectivity index is 1.96. The number of ether oxygens (including phenoxy) is 2. The van der Waals surface area contributed by atoms with E-state index < -0.39 is 0 Å². The van der Waals surface area contributed by atoms with Gasteiger partial charge in [0.1, 0.15) is 5.76 Å². The Bertz CT molecular complexity index is 269. The van der Waals surface area contributed by atoms with Crippen LogP contribution in [0.25, 0.3) is 0 Å². The van der Waals surface area contributed by atoms with Gasteiger partial charge in [0.2, 0.25) is 0 Å². The van der Waals surface area contributed by atoms with Gasteiger partial charge in [0.05, 0.1) is 19.8 Å². The molecule has 0 bridgehead atoms. The molecule has 1 saturated heterocycles. The summed E-state index contributed by atoms with van der Waals surface area (Å²) in [5, 5.41) is 0. The van der Waals surface area contributed by atoms with Crippen molar-refractivity contribution in [1.82, 2.24) is 4.90 Å². The Labute approximate surface area is 98.4 Å². The number of allylic oxidation sites excluding steroid dienone is 1. The summed E-state index contributed by atoms with van der Waals surface area (Å²) >= 11 is 0. The lowest BCUT2D eigenvalue weighted by Crippen LogP contribution is -2.42. The average molecular weight is 225 g/mol. The van der Waals surface area contributed by atoms with Crippen molar-refractivity contribution in [2.75, 3.05) is 39.5 Å². The molecule has 0 radical (unpaired) electrons. The third kappa shape index (κ3) is 2.25. The summed E-state index contributed by atoms with van der Waals surface area (Å²) in [7, 11) is 0. The molecule has 0 unspecified atom stereocenters. The van der Waals surface area contributed by atoms with E-state index in [-0.39, 0.29) is 0 Å². The summed E-state index contributed by atoms with van der Waals surface area (Å²) in [5.41, 5.74) is 1.51. The van der Waals surface area contributed by atoms with E-state index in [9.17, 15) is 0 Å². The Kier molecular flexibility index (Phi) is 3.87. The quantitative estimate of drug-likeness (QED) is 0.729. The molecule has 16 heavy (non-hydrogen) atoms. The number of morpholine rings is 1. The van der Waals surface area contributed by atoms with E-state index in [4.69, 9.17) is 9.47 Å². The van der Waals surface area contributed by atoms with Crippen LogP contribution < -0.4 is 0 Å². The molecule has 0 amide bonds. The molecule has 0 saturated carbocycles. The molecule has 3 nitrogen and oxygen atoms in total. The molecule has 1 fully saturated rings. The van der Waals surface area contributed by atoms with Crippen LogP contribution in [0, 0.1) is 11.8 Å². The number of hydrogen-bond donors (Lipinski definition) is 0. The van der Waals surface area contributed by atoms with Crippen molar-refractivity contribution < 1.29 is 9.47 Å². The van der Waals surface area contributed by atoms with Gasteiger partial charge in [-0.2, -0.15) is 0 Å². The summed E-state index contributed by atoms with van der Waals surface area (Å²) in [6.45, 7) is 12.4. The largest absolute Gasteiger partial charge is 0.498 e. The second-order valence-electron chi connectivity index (χ2n) is 4.79. The summed E-state index contributed by atoms with van der Waals surface area (Å²) in [4.78, 5) is 2.47. The van der Waals surface area contributed by atoms with E-state index in [2.05, 4.69) is 25.7 Å². The van der Waals surface area contributed by atoms with Crippen molar-refractivity contribution in [1.29, 1.82) is 0 Å². The van der Waals surface area contributed by atoms with Crippen LogP contribution in [0.2, 0.25) is 0 Å². The minimum absolute atomic E-state index is 0.607. The molecule has 0 aromatic rings. The molecular weight excluding hydrogens is 202 g/mol. The lowest BCUT2D eigenvalue weighted by Gasteiger charge is -2.40. The monoisotopic (exact) mass is 225 g/mol. The van der Waals surface area contributed by atoms with Crippen molar-refractivity contribution in [2.45, 2.75) is 20.8 Å². The maximum Gasteiger partial charge on any atom is 0.100 e. The Hall–Kier alpha value is -0.540. The normalized spacial score (nSPS) is 31.4. The zero-order valence-electron chi connectivity index (χ0n) is 10.7. The minimum Gasteiger partial charge on any atom is -0.498 e. The first-order chi connectivity index (χ1) is 7.74. The van der Waals surface area contributed by atoms with Gasteiger partial charge in [-0.15, -0.1) is 0 Å². The van der Waals surface area contributed by atoms with Gasteiger partial charge in [0.25, 0.3) is 0 Å². The second kappa shape index (κ2) is 5.19. The van der Waals surface area contributed by atoms with Crippen molar-refractivity contribution in [3.63, 3.8) is 0 Å². The summed E-state index contributed by atoms with van der Waals surface area (Å²) in [6, 6.07) is 0. The number of nitrogens with zero attached hydrogens (tertiary/aromatic N) is 1. The molecule has 0 N–H and O–H groups in total. The van der Waals surface area contributed by atoms with Crippen molar-refractivity contribution >= 4 is 0 Å². The van der Waals surface area contributed by atoms with Crippen LogP contribution in [0.3, 0.4) is 0 Å². The number of rotatable bonds is 4. The van der Waals surface area contributed by atoms with Gasteiger partial charge in [0.15, 0.2) is 0 Å². The van der Waals surface area contributed by atoms with Crippen molar-refractivity contribution in [3.8, 4) is 0 Å². The van der Waals surface area contributed by atoms with Gasteiger partial charge in [-0.1, -0.05) is 13.8 Å². The molecule has 92 valence electrons. The fourth-order valence-electron chi connectivity index (χ4n) is 2.55. The van der Waals surface area contributed by atoms with Gasteiger partial charge in [-0.25, -0.2) is 0 Å². The van der Waals surface area contributed by atoms with Crippen LogP contribution in [-0.2, 0) is 9.47 Å². The standard InChI is InChI=1S/C13H23NO2/c1-4-16-13-11(3)10(2)12(13)9-14-5-7-15-8-6-14/h10-11H,4-9H2,1-3H3/t10-,11+/m0/s1. The van der Waals surface area contributed by atoms with Crippen LogP contribution >= 0.6 is 0 Å². The van der Waals surface area contributed by atoms with Crippen molar-refractivity contribution in [2.24, 2.45) is 11.8 Å². The Morgan fingerprint density at radius 1 is 1.25 bits per heavy atom. The smallest absolute Gasteiger partial charge is 0.100 e. The van der Waals surface area contributed by atoms with E-state index in [1.165, 1.54) is 11.3 Å². The Morgan fingerprint density at radius 2 is 1.94 bits per heavy atom. The van der Waals surface area contributed by atoms with Crippen LogP contribution in [0.15, 0.2) is 11.3 Å². The molecule has 0 spiro atoms. The highest BCUT2D eigenvalue weighted by molar-refractivity contribution is 5.28.